The fourth-order valence-electron chi connectivity index (χ4n) is 2.74. The summed E-state index contributed by atoms with van der Waals surface area (Å²) in [7, 11) is 1.77. The molecule has 0 aromatic carbocycles. The predicted octanol–water partition coefficient (Wildman–Crippen LogP) is 0.166. The number of aliphatic hydroxyl groups excluding tert-OH is 1. The zero-order chi connectivity index (χ0) is 15.7. The molecular formula is C13H19N3O4S. The maximum atomic E-state index is 12.0. The molecule has 2 rings (SSSR count). The normalized spacial score (nSPS) is 25.5. The number of carbonyl (C=O) groups excluding carboxylic acids is 1. The molecule has 0 radical (unpaired) electrons. The van der Waals surface area contributed by atoms with E-state index >= 15 is 0 Å². The van der Waals surface area contributed by atoms with E-state index in [4.69, 9.17) is 5.41 Å². The molecule has 0 aliphatic carbocycles. The number of β-lactam (4-membered cyclic amide) rings is 1. The number of hydrogen-bond donors (Lipinski definition) is 3. The summed E-state index contributed by atoms with van der Waals surface area (Å²) >= 11 is 1.41. The summed E-state index contributed by atoms with van der Waals surface area (Å²) in [6, 6.07) is -0.230. The van der Waals surface area contributed by atoms with Gasteiger partial charge in [-0.1, -0.05) is 0 Å². The number of nitrogens with one attached hydrogen (secondary N) is 1. The number of carboxylic acid groups (broad SMARTS) is 1. The van der Waals surface area contributed by atoms with E-state index in [0.29, 0.717) is 23.6 Å². The third-order valence-corrected chi connectivity index (χ3v) is 4.93. The standard InChI is InChI=1S/C13H19N3O4S/c1-7(17)10-8-5-9(21-4-3-15(2)6-14)11(13(19)20)16(8)12(10)18/h6-8,10,14,17H,3-5H2,1-2H3,(H,19,20)/t7-,8-,10-/m1/s1. The van der Waals surface area contributed by atoms with Crippen LogP contribution < -0.4 is 0 Å². The molecule has 0 aromatic rings. The Morgan fingerprint density at radius 3 is 2.86 bits per heavy atom. The van der Waals surface area contributed by atoms with E-state index in [1.807, 2.05) is 0 Å². The fourth-order valence-corrected chi connectivity index (χ4v) is 3.97. The number of hydrogen-bond acceptors (Lipinski definition) is 5. The van der Waals surface area contributed by atoms with Gasteiger partial charge in [0.15, 0.2) is 0 Å². The Balaban J connectivity index is 2.08. The number of carboxylic acids is 1. The van der Waals surface area contributed by atoms with Crippen LogP contribution in [0.1, 0.15) is 13.3 Å². The number of fused-ring (bicyclic) bond motifs is 1. The molecule has 0 saturated carbocycles. The van der Waals surface area contributed by atoms with E-state index in [0.717, 1.165) is 0 Å². The Morgan fingerprint density at radius 1 is 1.67 bits per heavy atom. The van der Waals surface area contributed by atoms with Crippen molar-refractivity contribution in [2.45, 2.75) is 25.5 Å². The Kier molecular flexibility index (Phi) is 4.58. The zero-order valence-corrected chi connectivity index (χ0v) is 12.8. The summed E-state index contributed by atoms with van der Waals surface area (Å²) in [6.07, 6.45) is 0.936. The lowest BCUT2D eigenvalue weighted by molar-refractivity contribution is -0.161. The molecule has 2 aliphatic rings. The number of carbonyl (C=O) groups is 2. The van der Waals surface area contributed by atoms with E-state index in [-0.39, 0.29) is 17.6 Å². The van der Waals surface area contributed by atoms with Gasteiger partial charge in [-0.05, 0) is 6.92 Å². The third-order valence-electron chi connectivity index (χ3n) is 3.83. The van der Waals surface area contributed by atoms with Crippen LogP contribution in [0.15, 0.2) is 10.6 Å². The molecule has 0 bridgehead atoms. The minimum Gasteiger partial charge on any atom is -0.477 e. The molecule has 0 unspecified atom stereocenters. The van der Waals surface area contributed by atoms with Gasteiger partial charge >= 0.3 is 5.97 Å². The molecular weight excluding hydrogens is 294 g/mol. The van der Waals surface area contributed by atoms with Crippen LogP contribution in [-0.4, -0.2) is 69.7 Å². The molecule has 116 valence electrons. The van der Waals surface area contributed by atoms with Crippen molar-refractivity contribution < 1.29 is 19.8 Å². The summed E-state index contributed by atoms with van der Waals surface area (Å²) in [5.41, 5.74) is 0.0596. The van der Waals surface area contributed by atoms with Gasteiger partial charge < -0.3 is 20.0 Å². The first-order valence-corrected chi connectivity index (χ1v) is 7.68. The van der Waals surface area contributed by atoms with Crippen molar-refractivity contribution in [2.24, 2.45) is 5.92 Å². The van der Waals surface area contributed by atoms with Crippen molar-refractivity contribution in [1.82, 2.24) is 9.80 Å². The van der Waals surface area contributed by atoms with Gasteiger partial charge in [-0.15, -0.1) is 11.8 Å². The minimum absolute atomic E-state index is 0.0596. The van der Waals surface area contributed by atoms with E-state index in [1.165, 1.54) is 23.0 Å². The average molecular weight is 313 g/mol. The number of aliphatic carboxylic acids is 1. The highest BCUT2D eigenvalue weighted by atomic mass is 32.2. The molecule has 2 heterocycles. The van der Waals surface area contributed by atoms with E-state index in [2.05, 4.69) is 0 Å². The summed E-state index contributed by atoms with van der Waals surface area (Å²) in [6.45, 7) is 2.19. The molecule has 1 amide bonds. The second-order valence-electron chi connectivity index (χ2n) is 5.28. The number of aliphatic hydroxyl groups is 1. The molecule has 1 fully saturated rings. The highest BCUT2D eigenvalue weighted by Gasteiger charge is 2.56. The first-order valence-electron chi connectivity index (χ1n) is 6.69. The third kappa shape index (κ3) is 2.77. The number of thioether (sulfide) groups is 1. The molecule has 0 spiro atoms. The minimum atomic E-state index is -1.10. The fraction of sp³-hybridized carbons (Fsp3) is 0.615. The van der Waals surface area contributed by atoms with Gasteiger partial charge in [-0.25, -0.2) is 4.79 Å². The largest absolute Gasteiger partial charge is 0.477 e. The summed E-state index contributed by atoms with van der Waals surface area (Å²) in [5.74, 6) is -1.26. The summed E-state index contributed by atoms with van der Waals surface area (Å²) < 4.78 is 0. The zero-order valence-electron chi connectivity index (χ0n) is 11.9. The van der Waals surface area contributed by atoms with Crippen LogP contribution >= 0.6 is 11.8 Å². The van der Waals surface area contributed by atoms with Gasteiger partial charge in [0.25, 0.3) is 0 Å². The van der Waals surface area contributed by atoms with Crippen LogP contribution in [0.3, 0.4) is 0 Å². The molecule has 3 atom stereocenters. The molecule has 2 aliphatic heterocycles. The first-order chi connectivity index (χ1) is 9.88. The SMILES string of the molecule is C[C@@H](O)[C@H]1C(=O)N2C(C(=O)O)=C(SCCN(C)C=N)C[C@H]12. The van der Waals surface area contributed by atoms with Crippen molar-refractivity contribution in [1.29, 1.82) is 5.41 Å². The number of rotatable bonds is 7. The van der Waals surface area contributed by atoms with Gasteiger partial charge in [0.05, 0.1) is 24.4 Å². The number of nitrogens with zero attached hydrogens (tertiary/aromatic N) is 2. The Hall–Kier alpha value is -1.54. The quantitative estimate of drug-likeness (QED) is 0.351. The lowest BCUT2D eigenvalue weighted by Crippen LogP contribution is -2.61. The van der Waals surface area contributed by atoms with Gasteiger partial charge in [0.1, 0.15) is 5.70 Å². The lowest BCUT2D eigenvalue weighted by atomic mass is 9.83. The average Bonchev–Trinajstić information content (AvgIpc) is 2.72. The van der Waals surface area contributed by atoms with Crippen LogP contribution in [-0.2, 0) is 9.59 Å². The number of amides is 1. The molecule has 1 saturated heterocycles. The van der Waals surface area contributed by atoms with Crippen LogP contribution in [0.5, 0.6) is 0 Å². The van der Waals surface area contributed by atoms with Gasteiger partial charge in [0, 0.05) is 30.7 Å². The Bertz CT molecular complexity index is 506. The topological polar surface area (TPSA) is 105 Å². The molecule has 3 N–H and O–H groups in total. The van der Waals surface area contributed by atoms with Crippen molar-refractivity contribution >= 4 is 30.0 Å². The van der Waals surface area contributed by atoms with E-state index in [1.54, 1.807) is 18.9 Å². The van der Waals surface area contributed by atoms with Crippen molar-refractivity contribution in [3.63, 3.8) is 0 Å². The van der Waals surface area contributed by atoms with Crippen LogP contribution in [0, 0.1) is 11.3 Å². The lowest BCUT2D eigenvalue weighted by Gasteiger charge is -2.44. The van der Waals surface area contributed by atoms with E-state index in [9.17, 15) is 19.8 Å². The molecule has 7 nitrogen and oxygen atoms in total. The highest BCUT2D eigenvalue weighted by molar-refractivity contribution is 8.03. The molecule has 21 heavy (non-hydrogen) atoms. The maximum absolute atomic E-state index is 12.0. The first kappa shape index (κ1) is 15.8. The molecule has 8 heteroatoms. The highest BCUT2D eigenvalue weighted by Crippen LogP contribution is 2.46. The Labute approximate surface area is 127 Å². The van der Waals surface area contributed by atoms with Crippen molar-refractivity contribution in [2.75, 3.05) is 19.3 Å². The van der Waals surface area contributed by atoms with Crippen LogP contribution in [0.4, 0.5) is 0 Å². The second-order valence-corrected chi connectivity index (χ2v) is 6.47. The summed E-state index contributed by atoms with van der Waals surface area (Å²) in [5, 5.41) is 26.0. The molecule has 0 aromatic heterocycles. The monoisotopic (exact) mass is 313 g/mol. The predicted molar refractivity (Wildman–Crippen MR) is 79.0 cm³/mol. The smallest absolute Gasteiger partial charge is 0.353 e. The van der Waals surface area contributed by atoms with Gasteiger partial charge in [-0.2, -0.15) is 0 Å². The van der Waals surface area contributed by atoms with Gasteiger partial charge in [0.2, 0.25) is 5.91 Å². The van der Waals surface area contributed by atoms with Crippen molar-refractivity contribution in [3.05, 3.63) is 10.6 Å². The van der Waals surface area contributed by atoms with Crippen LogP contribution in [0.25, 0.3) is 0 Å². The van der Waals surface area contributed by atoms with Crippen LogP contribution in [0.2, 0.25) is 0 Å². The van der Waals surface area contributed by atoms with Gasteiger partial charge in [-0.3, -0.25) is 10.2 Å². The Morgan fingerprint density at radius 2 is 2.33 bits per heavy atom. The summed E-state index contributed by atoms with van der Waals surface area (Å²) in [4.78, 5) is 27.1. The van der Waals surface area contributed by atoms with E-state index < -0.39 is 18.0 Å². The second kappa shape index (κ2) is 6.07. The van der Waals surface area contributed by atoms with Crippen molar-refractivity contribution in [3.8, 4) is 0 Å². The maximum Gasteiger partial charge on any atom is 0.353 e.